The summed E-state index contributed by atoms with van der Waals surface area (Å²) in [5, 5.41) is 0.0211. The Bertz CT molecular complexity index is 942. The molecule has 1 amide bonds. The average molecular weight is 406 g/mol. The van der Waals surface area contributed by atoms with E-state index in [2.05, 4.69) is 12.1 Å². The van der Waals surface area contributed by atoms with E-state index in [1.165, 1.54) is 0 Å². The highest BCUT2D eigenvalue weighted by Gasteiger charge is 2.32. The minimum Gasteiger partial charge on any atom is -0.497 e. The van der Waals surface area contributed by atoms with Crippen molar-refractivity contribution in [3.8, 4) is 11.5 Å². The summed E-state index contributed by atoms with van der Waals surface area (Å²) in [6.45, 7) is 1.13. The van der Waals surface area contributed by atoms with Crippen LogP contribution in [-0.2, 0) is 17.9 Å². The maximum Gasteiger partial charge on any atom is 0.234 e. The predicted octanol–water partition coefficient (Wildman–Crippen LogP) is 5.05. The van der Waals surface area contributed by atoms with E-state index in [0.29, 0.717) is 18.9 Å². The molecular weight excluding hydrogens is 382 g/mol. The Morgan fingerprint density at radius 1 is 0.897 bits per heavy atom. The molecular formula is C24H23NO3S. The lowest BCUT2D eigenvalue weighted by Gasteiger charge is -2.24. The summed E-state index contributed by atoms with van der Waals surface area (Å²) < 4.78 is 11.1. The lowest BCUT2D eigenvalue weighted by atomic mass is 10.1. The van der Waals surface area contributed by atoms with Gasteiger partial charge in [-0.3, -0.25) is 4.79 Å². The number of hydrogen-bond donors (Lipinski definition) is 0. The highest BCUT2D eigenvalue weighted by atomic mass is 32.2. The van der Waals surface area contributed by atoms with Crippen molar-refractivity contribution < 1.29 is 14.3 Å². The Balaban J connectivity index is 1.42. The fourth-order valence-corrected chi connectivity index (χ4v) is 4.49. The van der Waals surface area contributed by atoms with Crippen LogP contribution in [0.1, 0.15) is 22.1 Å². The number of carbonyl (C=O) groups excluding carboxylic acids is 1. The number of rotatable bonds is 7. The quantitative estimate of drug-likeness (QED) is 0.551. The maximum atomic E-state index is 12.5. The van der Waals surface area contributed by atoms with Crippen LogP contribution in [0, 0.1) is 0 Å². The molecule has 0 aromatic heterocycles. The number of benzene rings is 3. The molecule has 29 heavy (non-hydrogen) atoms. The SMILES string of the molecule is COc1ccc(CN2C(=O)CS[C@@H]2c2ccc(OCc3ccccc3)cc2)cc1. The zero-order valence-corrected chi connectivity index (χ0v) is 17.1. The molecule has 0 saturated carbocycles. The van der Waals surface area contributed by atoms with E-state index in [0.717, 1.165) is 28.2 Å². The van der Waals surface area contributed by atoms with Crippen molar-refractivity contribution in [1.82, 2.24) is 4.90 Å². The Morgan fingerprint density at radius 3 is 2.28 bits per heavy atom. The monoisotopic (exact) mass is 405 g/mol. The van der Waals surface area contributed by atoms with Gasteiger partial charge < -0.3 is 14.4 Å². The van der Waals surface area contributed by atoms with Gasteiger partial charge in [-0.05, 0) is 41.0 Å². The summed E-state index contributed by atoms with van der Waals surface area (Å²) >= 11 is 1.67. The molecule has 1 fully saturated rings. The van der Waals surface area contributed by atoms with Gasteiger partial charge in [-0.25, -0.2) is 0 Å². The van der Waals surface area contributed by atoms with Crippen LogP contribution < -0.4 is 9.47 Å². The number of methoxy groups -OCH3 is 1. The highest BCUT2D eigenvalue weighted by molar-refractivity contribution is 8.00. The topological polar surface area (TPSA) is 38.8 Å². The van der Waals surface area contributed by atoms with Gasteiger partial charge in [0.2, 0.25) is 5.91 Å². The minimum absolute atomic E-state index is 0.0211. The van der Waals surface area contributed by atoms with Crippen molar-refractivity contribution in [1.29, 1.82) is 0 Å². The standard InChI is InChI=1S/C24H23NO3S/c1-27-21-11-7-18(8-12-21)15-25-23(26)17-29-24(25)20-9-13-22(14-10-20)28-16-19-5-3-2-4-6-19/h2-14,24H,15-17H2,1H3/t24-/m1/s1. The number of amides is 1. The van der Waals surface area contributed by atoms with Crippen molar-refractivity contribution in [3.05, 3.63) is 95.6 Å². The number of ether oxygens (including phenoxy) is 2. The van der Waals surface area contributed by atoms with Crippen LogP contribution in [0.2, 0.25) is 0 Å². The third-order valence-corrected chi connectivity index (χ3v) is 6.15. The first-order valence-electron chi connectivity index (χ1n) is 9.53. The molecule has 1 aliphatic heterocycles. The van der Waals surface area contributed by atoms with Crippen molar-refractivity contribution in [2.45, 2.75) is 18.5 Å². The molecule has 0 spiro atoms. The van der Waals surface area contributed by atoms with Gasteiger partial charge >= 0.3 is 0 Å². The smallest absolute Gasteiger partial charge is 0.234 e. The first-order chi connectivity index (χ1) is 14.2. The summed E-state index contributed by atoms with van der Waals surface area (Å²) in [7, 11) is 1.65. The van der Waals surface area contributed by atoms with E-state index in [9.17, 15) is 4.79 Å². The third-order valence-electron chi connectivity index (χ3n) is 4.89. The minimum atomic E-state index is 0.0211. The molecule has 0 N–H and O–H groups in total. The van der Waals surface area contributed by atoms with Crippen molar-refractivity contribution in [2.75, 3.05) is 12.9 Å². The summed E-state index contributed by atoms with van der Waals surface area (Å²) in [6, 6.07) is 26.0. The van der Waals surface area contributed by atoms with Gasteiger partial charge in [-0.1, -0.05) is 54.6 Å². The maximum absolute atomic E-state index is 12.5. The van der Waals surface area contributed by atoms with Gasteiger partial charge in [0.15, 0.2) is 0 Å². The van der Waals surface area contributed by atoms with Crippen LogP contribution in [0.25, 0.3) is 0 Å². The molecule has 1 saturated heterocycles. The highest BCUT2D eigenvalue weighted by Crippen LogP contribution is 2.40. The second kappa shape index (κ2) is 9.05. The van der Waals surface area contributed by atoms with Gasteiger partial charge in [0.05, 0.1) is 12.9 Å². The fraction of sp³-hybridized carbons (Fsp3) is 0.208. The third kappa shape index (κ3) is 4.74. The first-order valence-corrected chi connectivity index (χ1v) is 10.6. The second-order valence-corrected chi connectivity index (χ2v) is 7.94. The lowest BCUT2D eigenvalue weighted by Crippen LogP contribution is -2.27. The van der Waals surface area contributed by atoms with E-state index < -0.39 is 0 Å². The lowest BCUT2D eigenvalue weighted by molar-refractivity contribution is -0.128. The number of hydrogen-bond acceptors (Lipinski definition) is 4. The molecule has 3 aromatic rings. The first kappa shape index (κ1) is 19.4. The van der Waals surface area contributed by atoms with Crippen molar-refractivity contribution in [3.63, 3.8) is 0 Å². The number of nitrogens with zero attached hydrogens (tertiary/aromatic N) is 1. The Kier molecular flexibility index (Phi) is 6.06. The van der Waals surface area contributed by atoms with Gasteiger partial charge in [-0.15, -0.1) is 11.8 Å². The molecule has 1 atom stereocenters. The largest absolute Gasteiger partial charge is 0.497 e. The summed E-state index contributed by atoms with van der Waals surface area (Å²) in [5.41, 5.74) is 3.34. The molecule has 0 aliphatic carbocycles. The Morgan fingerprint density at radius 2 is 1.59 bits per heavy atom. The number of thioether (sulfide) groups is 1. The van der Waals surface area contributed by atoms with Crippen LogP contribution >= 0.6 is 11.8 Å². The van der Waals surface area contributed by atoms with Crippen LogP contribution in [0.3, 0.4) is 0 Å². The van der Waals surface area contributed by atoms with E-state index in [4.69, 9.17) is 9.47 Å². The second-order valence-electron chi connectivity index (χ2n) is 6.88. The van der Waals surface area contributed by atoms with Gasteiger partial charge in [-0.2, -0.15) is 0 Å². The molecule has 3 aromatic carbocycles. The Labute approximate surface area is 175 Å². The molecule has 0 radical (unpaired) electrons. The van der Waals surface area contributed by atoms with E-state index in [1.807, 2.05) is 71.6 Å². The fourth-order valence-electron chi connectivity index (χ4n) is 3.30. The molecule has 1 aliphatic rings. The predicted molar refractivity (Wildman–Crippen MR) is 116 cm³/mol. The van der Waals surface area contributed by atoms with Crippen LogP contribution in [0.5, 0.6) is 11.5 Å². The number of carbonyl (C=O) groups is 1. The molecule has 1 heterocycles. The molecule has 4 rings (SSSR count). The molecule has 4 nitrogen and oxygen atoms in total. The summed E-state index contributed by atoms with van der Waals surface area (Å²) in [5.74, 6) is 2.32. The molecule has 5 heteroatoms. The van der Waals surface area contributed by atoms with Crippen LogP contribution in [-0.4, -0.2) is 23.7 Å². The summed E-state index contributed by atoms with van der Waals surface area (Å²) in [6.07, 6.45) is 0. The zero-order chi connectivity index (χ0) is 20.1. The van der Waals surface area contributed by atoms with E-state index >= 15 is 0 Å². The van der Waals surface area contributed by atoms with Crippen LogP contribution in [0.4, 0.5) is 0 Å². The molecule has 148 valence electrons. The van der Waals surface area contributed by atoms with Gasteiger partial charge in [0.25, 0.3) is 0 Å². The van der Waals surface area contributed by atoms with Crippen molar-refractivity contribution >= 4 is 17.7 Å². The average Bonchev–Trinajstić information content (AvgIpc) is 3.14. The van der Waals surface area contributed by atoms with Gasteiger partial charge in [0.1, 0.15) is 23.5 Å². The zero-order valence-electron chi connectivity index (χ0n) is 16.3. The summed E-state index contributed by atoms with van der Waals surface area (Å²) in [4.78, 5) is 14.4. The molecule has 0 bridgehead atoms. The van der Waals surface area contributed by atoms with Crippen LogP contribution in [0.15, 0.2) is 78.9 Å². The van der Waals surface area contributed by atoms with Crippen molar-refractivity contribution in [2.24, 2.45) is 0 Å². The normalized spacial score (nSPS) is 16.1. The van der Waals surface area contributed by atoms with E-state index in [-0.39, 0.29) is 11.3 Å². The van der Waals surface area contributed by atoms with Gasteiger partial charge in [0, 0.05) is 6.54 Å². The van der Waals surface area contributed by atoms with E-state index in [1.54, 1.807) is 18.9 Å². The Hall–Kier alpha value is -2.92. The molecule has 0 unspecified atom stereocenters.